The minimum absolute atomic E-state index is 0.306. The van der Waals surface area contributed by atoms with Gasteiger partial charge in [0.1, 0.15) is 11.9 Å². The molecule has 0 saturated carbocycles. The minimum atomic E-state index is -1.33. The highest BCUT2D eigenvalue weighted by Gasteiger charge is 2.23. The lowest BCUT2D eigenvalue weighted by Crippen LogP contribution is -2.05. The molecule has 2 unspecified atom stereocenters. The van der Waals surface area contributed by atoms with Crippen LogP contribution in [0.1, 0.15) is 6.42 Å². The van der Waals surface area contributed by atoms with E-state index in [1.165, 1.54) is 0 Å². The van der Waals surface area contributed by atoms with Crippen LogP contribution in [0.5, 0.6) is 5.75 Å². The summed E-state index contributed by atoms with van der Waals surface area (Å²) in [6.45, 7) is 2.14. The van der Waals surface area contributed by atoms with E-state index in [9.17, 15) is 4.57 Å². The zero-order chi connectivity index (χ0) is 12.8. The molecule has 1 saturated heterocycles. The first-order chi connectivity index (χ1) is 8.79. The lowest BCUT2D eigenvalue weighted by Gasteiger charge is -1.98. The third-order valence-electron chi connectivity index (χ3n) is 2.72. The van der Waals surface area contributed by atoms with Crippen molar-refractivity contribution in [3.8, 4) is 5.75 Å². The van der Waals surface area contributed by atoms with E-state index in [1.807, 2.05) is 24.3 Å². The largest absolute Gasteiger partial charge is 0.497 e. The Morgan fingerprint density at radius 1 is 1.39 bits per heavy atom. The van der Waals surface area contributed by atoms with Crippen LogP contribution in [0.2, 0.25) is 0 Å². The molecule has 0 radical (unpaired) electrons. The highest BCUT2D eigenvalue weighted by atomic mass is 31.1. The number of epoxide rings is 1. The average Bonchev–Trinajstić information content (AvgIpc) is 3.22. The van der Waals surface area contributed by atoms with E-state index in [1.54, 1.807) is 7.11 Å². The van der Waals surface area contributed by atoms with Gasteiger partial charge in [0, 0.05) is 6.42 Å². The second-order valence-corrected chi connectivity index (χ2v) is 5.90. The van der Waals surface area contributed by atoms with E-state index in [0.717, 1.165) is 24.1 Å². The SMILES string of the molecule is COc1ccc([P+](=O)CCCOCC2CO2)cc1. The molecule has 1 aromatic carbocycles. The second-order valence-electron chi connectivity index (χ2n) is 4.18. The average molecular weight is 269 g/mol. The van der Waals surface area contributed by atoms with Crippen molar-refractivity contribution in [2.45, 2.75) is 12.5 Å². The van der Waals surface area contributed by atoms with Gasteiger partial charge in [-0.3, -0.25) is 0 Å². The smallest absolute Gasteiger partial charge is 0.376 e. The third kappa shape index (κ3) is 4.37. The van der Waals surface area contributed by atoms with E-state index in [-0.39, 0.29) is 0 Å². The maximum atomic E-state index is 12.0. The molecule has 0 N–H and O–H groups in total. The Labute approximate surface area is 108 Å². The number of methoxy groups -OCH3 is 1. The van der Waals surface area contributed by atoms with Crippen LogP contribution >= 0.6 is 7.80 Å². The normalized spacial score (nSPS) is 18.5. The van der Waals surface area contributed by atoms with Gasteiger partial charge in [-0.15, -0.1) is 0 Å². The van der Waals surface area contributed by atoms with Crippen LogP contribution in [0.3, 0.4) is 0 Å². The highest BCUT2D eigenvalue weighted by molar-refractivity contribution is 7.53. The van der Waals surface area contributed by atoms with Crippen molar-refractivity contribution < 1.29 is 18.8 Å². The molecule has 1 aliphatic rings. The predicted molar refractivity (Wildman–Crippen MR) is 70.3 cm³/mol. The molecule has 0 bridgehead atoms. The summed E-state index contributed by atoms with van der Waals surface area (Å²) < 4.78 is 27.5. The summed E-state index contributed by atoms with van der Waals surface area (Å²) in [5.74, 6) is 0.787. The molecular weight excluding hydrogens is 251 g/mol. The summed E-state index contributed by atoms with van der Waals surface area (Å²) in [6.07, 6.45) is 1.78. The quantitative estimate of drug-likeness (QED) is 0.411. The monoisotopic (exact) mass is 269 g/mol. The summed E-state index contributed by atoms with van der Waals surface area (Å²) in [7, 11) is 0.295. The van der Waals surface area contributed by atoms with Crippen LogP contribution in [0.25, 0.3) is 0 Å². The van der Waals surface area contributed by atoms with E-state index >= 15 is 0 Å². The Morgan fingerprint density at radius 3 is 2.72 bits per heavy atom. The molecule has 0 aromatic heterocycles. The van der Waals surface area contributed by atoms with Gasteiger partial charge in [-0.25, -0.2) is 0 Å². The molecule has 2 rings (SSSR count). The topological polar surface area (TPSA) is 48.1 Å². The molecule has 5 heteroatoms. The maximum absolute atomic E-state index is 12.0. The fraction of sp³-hybridized carbons (Fsp3) is 0.538. The molecule has 1 aliphatic heterocycles. The number of hydrogen-bond acceptors (Lipinski definition) is 4. The van der Waals surface area contributed by atoms with Gasteiger partial charge in [0.15, 0.2) is 11.5 Å². The molecule has 4 nitrogen and oxygen atoms in total. The van der Waals surface area contributed by atoms with E-state index in [2.05, 4.69) is 0 Å². The predicted octanol–water partition coefficient (Wildman–Crippen LogP) is 1.95. The molecular formula is C13H18O4P+. The minimum Gasteiger partial charge on any atom is -0.497 e. The molecule has 1 aromatic rings. The van der Waals surface area contributed by atoms with E-state index in [0.29, 0.717) is 25.5 Å². The lowest BCUT2D eigenvalue weighted by molar-refractivity contribution is 0.117. The summed E-state index contributed by atoms with van der Waals surface area (Å²) >= 11 is 0. The fourth-order valence-corrected chi connectivity index (χ4v) is 2.72. The second kappa shape index (κ2) is 6.83. The molecule has 0 aliphatic carbocycles. The first-order valence-corrected chi connectivity index (χ1v) is 7.52. The summed E-state index contributed by atoms with van der Waals surface area (Å²) in [5, 5.41) is 0.872. The summed E-state index contributed by atoms with van der Waals surface area (Å²) in [4.78, 5) is 0. The third-order valence-corrected chi connectivity index (χ3v) is 4.31. The molecule has 0 spiro atoms. The zero-order valence-corrected chi connectivity index (χ0v) is 11.4. The fourth-order valence-electron chi connectivity index (χ4n) is 1.57. The molecule has 2 atom stereocenters. The van der Waals surface area contributed by atoms with Crippen molar-refractivity contribution >= 4 is 13.1 Å². The van der Waals surface area contributed by atoms with Crippen LogP contribution in [-0.4, -0.2) is 39.2 Å². The molecule has 0 amide bonds. The summed E-state index contributed by atoms with van der Waals surface area (Å²) in [5.41, 5.74) is 0. The van der Waals surface area contributed by atoms with Crippen LogP contribution < -0.4 is 10.0 Å². The van der Waals surface area contributed by atoms with Gasteiger partial charge in [-0.1, -0.05) is 4.57 Å². The van der Waals surface area contributed by atoms with Gasteiger partial charge >= 0.3 is 7.80 Å². The van der Waals surface area contributed by atoms with Gasteiger partial charge in [0.05, 0.1) is 26.9 Å². The van der Waals surface area contributed by atoms with E-state index in [4.69, 9.17) is 14.2 Å². The lowest BCUT2D eigenvalue weighted by atomic mass is 10.3. The molecule has 1 heterocycles. The van der Waals surface area contributed by atoms with Crippen LogP contribution in [-0.2, 0) is 14.0 Å². The number of ether oxygens (including phenoxy) is 3. The van der Waals surface area contributed by atoms with Crippen LogP contribution in [0.4, 0.5) is 0 Å². The Morgan fingerprint density at radius 2 is 2.11 bits per heavy atom. The Hall–Kier alpha value is -0.960. The first-order valence-electron chi connectivity index (χ1n) is 6.07. The number of rotatable bonds is 8. The van der Waals surface area contributed by atoms with Crippen molar-refractivity contribution in [1.82, 2.24) is 0 Å². The maximum Gasteiger partial charge on any atom is 0.376 e. The molecule has 1 fully saturated rings. The first kappa shape index (κ1) is 13.5. The van der Waals surface area contributed by atoms with Crippen molar-refractivity contribution in [2.24, 2.45) is 0 Å². The molecule has 98 valence electrons. The number of hydrogen-bond donors (Lipinski definition) is 0. The van der Waals surface area contributed by atoms with Crippen LogP contribution in [0, 0.1) is 0 Å². The van der Waals surface area contributed by atoms with Gasteiger partial charge in [0.25, 0.3) is 0 Å². The van der Waals surface area contributed by atoms with Crippen molar-refractivity contribution in [2.75, 3.05) is 33.1 Å². The Kier molecular flexibility index (Phi) is 5.12. The number of benzene rings is 1. The van der Waals surface area contributed by atoms with E-state index < -0.39 is 7.80 Å². The van der Waals surface area contributed by atoms with Crippen molar-refractivity contribution in [3.63, 3.8) is 0 Å². The zero-order valence-electron chi connectivity index (χ0n) is 10.5. The van der Waals surface area contributed by atoms with Crippen molar-refractivity contribution in [3.05, 3.63) is 24.3 Å². The standard InChI is InChI=1S/C13H18O4P/c1-15-11-3-5-13(6-4-11)18(14)8-2-7-16-9-12-10-17-12/h3-6,12H,2,7-10H2,1H3/q+1. The van der Waals surface area contributed by atoms with Gasteiger partial charge in [-0.2, -0.15) is 0 Å². The highest BCUT2D eigenvalue weighted by Crippen LogP contribution is 2.22. The molecule has 18 heavy (non-hydrogen) atoms. The van der Waals surface area contributed by atoms with Gasteiger partial charge in [0.2, 0.25) is 0 Å². The van der Waals surface area contributed by atoms with Gasteiger partial charge < -0.3 is 14.2 Å². The Bertz CT molecular complexity index is 386. The van der Waals surface area contributed by atoms with Crippen LogP contribution in [0.15, 0.2) is 24.3 Å². The Balaban J connectivity index is 1.65. The van der Waals surface area contributed by atoms with Gasteiger partial charge in [-0.05, 0) is 24.3 Å². The summed E-state index contributed by atoms with van der Waals surface area (Å²) in [6, 6.07) is 7.39. The van der Waals surface area contributed by atoms with Crippen molar-refractivity contribution in [1.29, 1.82) is 0 Å².